The van der Waals surface area contributed by atoms with E-state index in [1.165, 1.54) is 11.1 Å². The molecule has 7 nitrogen and oxygen atoms in total. The van der Waals surface area contributed by atoms with Crippen LogP contribution in [0, 0.1) is 5.92 Å². The van der Waals surface area contributed by atoms with Crippen LogP contribution in [0.4, 0.5) is 10.5 Å². The number of fused-ring (bicyclic) bond motifs is 1. The number of hydrogen-bond donors (Lipinski definition) is 2. The number of nitrogens with zero attached hydrogens (tertiary/aromatic N) is 2. The Balaban J connectivity index is 1.20. The molecule has 1 heterocycles. The summed E-state index contributed by atoms with van der Waals surface area (Å²) < 4.78 is 29.3. The van der Waals surface area contributed by atoms with E-state index in [4.69, 9.17) is 0 Å². The van der Waals surface area contributed by atoms with Crippen molar-refractivity contribution in [2.24, 2.45) is 5.92 Å². The fourth-order valence-electron chi connectivity index (χ4n) is 6.31. The summed E-state index contributed by atoms with van der Waals surface area (Å²) in [6, 6.07) is 23.6. The van der Waals surface area contributed by atoms with E-state index >= 15 is 0 Å². The van der Waals surface area contributed by atoms with Crippen molar-refractivity contribution >= 4 is 21.7 Å². The number of nitrogens with one attached hydrogen (secondary N) is 2. The minimum atomic E-state index is -3.70. The zero-order valence-corrected chi connectivity index (χ0v) is 25.9. The Kier molecular flexibility index (Phi) is 9.53. The molecule has 224 valence electrons. The van der Waals surface area contributed by atoms with Crippen molar-refractivity contribution in [1.29, 1.82) is 0 Å². The van der Waals surface area contributed by atoms with Crippen molar-refractivity contribution in [3.05, 3.63) is 83.9 Å². The molecule has 1 aliphatic carbocycles. The Hall–Kier alpha value is -3.36. The molecule has 0 saturated carbocycles. The van der Waals surface area contributed by atoms with E-state index in [9.17, 15) is 13.2 Å². The number of carbonyl (C=O) groups excluding carboxylic acids is 1. The number of rotatable bonds is 9. The standard InChI is InChI=1S/C34H44N4O3S/c1-4-37(24-26-18-20-38(21-19-26)34(39)35-25(2)3)32-15-11-29-10-14-31(22-30(29)23-32)36-42(40,41)33-16-12-28(13-17-33)27-8-6-5-7-9-27/h5-10,12-14,16-17,22,25-26,32,36H,4,11,15,18-21,23-24H2,1-3H3,(H,35,39). The highest BCUT2D eigenvalue weighted by molar-refractivity contribution is 7.92. The van der Waals surface area contributed by atoms with Gasteiger partial charge in [0.25, 0.3) is 10.0 Å². The third-order valence-electron chi connectivity index (χ3n) is 8.66. The number of hydrogen-bond acceptors (Lipinski definition) is 4. The van der Waals surface area contributed by atoms with Gasteiger partial charge in [0.05, 0.1) is 4.90 Å². The molecule has 0 spiro atoms. The Morgan fingerprint density at radius 1 is 0.929 bits per heavy atom. The normalized spacial score (nSPS) is 17.7. The van der Waals surface area contributed by atoms with E-state index in [-0.39, 0.29) is 17.0 Å². The van der Waals surface area contributed by atoms with E-state index in [1.807, 2.05) is 73.3 Å². The number of likely N-dealkylation sites (tertiary alicyclic amines) is 1. The maximum Gasteiger partial charge on any atom is 0.317 e. The lowest BCUT2D eigenvalue weighted by Gasteiger charge is -2.39. The van der Waals surface area contributed by atoms with Crippen LogP contribution in [0.15, 0.2) is 77.7 Å². The van der Waals surface area contributed by atoms with Crippen molar-refractivity contribution in [1.82, 2.24) is 15.1 Å². The zero-order valence-electron chi connectivity index (χ0n) is 25.1. The van der Waals surface area contributed by atoms with E-state index in [2.05, 4.69) is 27.9 Å². The predicted molar refractivity (Wildman–Crippen MR) is 170 cm³/mol. The average molecular weight is 589 g/mol. The maximum absolute atomic E-state index is 13.2. The highest BCUT2D eigenvalue weighted by atomic mass is 32.2. The number of anilines is 1. The van der Waals surface area contributed by atoms with Crippen LogP contribution in [0.5, 0.6) is 0 Å². The van der Waals surface area contributed by atoms with Crippen LogP contribution in [0.3, 0.4) is 0 Å². The van der Waals surface area contributed by atoms with Crippen LogP contribution >= 0.6 is 0 Å². The molecule has 1 aliphatic heterocycles. The molecule has 1 saturated heterocycles. The Morgan fingerprint density at radius 2 is 1.62 bits per heavy atom. The lowest BCUT2D eigenvalue weighted by molar-refractivity contribution is 0.120. The summed E-state index contributed by atoms with van der Waals surface area (Å²) in [4.78, 5) is 17.2. The molecule has 0 aromatic heterocycles. The maximum atomic E-state index is 13.2. The fourth-order valence-corrected chi connectivity index (χ4v) is 7.36. The molecule has 0 bridgehead atoms. The second kappa shape index (κ2) is 13.3. The van der Waals surface area contributed by atoms with E-state index in [1.54, 1.807) is 12.1 Å². The lowest BCUT2D eigenvalue weighted by atomic mass is 9.86. The van der Waals surface area contributed by atoms with Gasteiger partial charge in [-0.25, -0.2) is 13.2 Å². The largest absolute Gasteiger partial charge is 0.336 e. The molecule has 2 N–H and O–H groups in total. The quantitative estimate of drug-likeness (QED) is 0.314. The zero-order chi connectivity index (χ0) is 29.7. The first kappa shape index (κ1) is 30.1. The predicted octanol–water partition coefficient (Wildman–Crippen LogP) is 6.16. The molecule has 0 radical (unpaired) electrons. The van der Waals surface area contributed by atoms with E-state index in [0.717, 1.165) is 69.4 Å². The first-order chi connectivity index (χ1) is 20.2. The number of benzene rings is 3. The van der Waals surface area contributed by atoms with Gasteiger partial charge in [-0.1, -0.05) is 55.5 Å². The fraction of sp³-hybridized carbons (Fsp3) is 0.441. The Morgan fingerprint density at radius 3 is 2.29 bits per heavy atom. The SMILES string of the molecule is CCN(CC1CCN(C(=O)NC(C)C)CC1)C1CCc2ccc(NS(=O)(=O)c3ccc(-c4ccccc4)cc3)cc2C1. The van der Waals surface area contributed by atoms with E-state index < -0.39 is 10.0 Å². The molecule has 1 fully saturated rings. The van der Waals surface area contributed by atoms with Crippen LogP contribution in [-0.4, -0.2) is 62.5 Å². The molecule has 5 rings (SSSR count). The van der Waals surface area contributed by atoms with Crippen LogP contribution in [0.2, 0.25) is 0 Å². The third kappa shape index (κ3) is 7.34. The molecular weight excluding hydrogens is 544 g/mol. The van der Waals surface area contributed by atoms with Gasteiger partial charge >= 0.3 is 6.03 Å². The molecule has 3 aromatic rings. The molecule has 42 heavy (non-hydrogen) atoms. The summed E-state index contributed by atoms with van der Waals surface area (Å²) in [5.74, 6) is 0.584. The van der Waals surface area contributed by atoms with Crippen LogP contribution in [-0.2, 0) is 22.9 Å². The summed E-state index contributed by atoms with van der Waals surface area (Å²) >= 11 is 0. The van der Waals surface area contributed by atoms with Crippen LogP contribution in [0.25, 0.3) is 11.1 Å². The van der Waals surface area contributed by atoms with Crippen molar-refractivity contribution < 1.29 is 13.2 Å². The van der Waals surface area contributed by atoms with Gasteiger partial charge in [-0.15, -0.1) is 0 Å². The smallest absolute Gasteiger partial charge is 0.317 e. The highest BCUT2D eigenvalue weighted by Crippen LogP contribution is 2.30. The molecule has 2 amide bonds. The first-order valence-electron chi connectivity index (χ1n) is 15.3. The van der Waals surface area contributed by atoms with Gasteiger partial charge in [-0.3, -0.25) is 4.72 Å². The summed E-state index contributed by atoms with van der Waals surface area (Å²) in [5, 5.41) is 3.01. The van der Waals surface area contributed by atoms with Crippen molar-refractivity contribution in [2.75, 3.05) is 30.9 Å². The molecule has 8 heteroatoms. The van der Waals surface area contributed by atoms with Gasteiger partial charge in [0.1, 0.15) is 0 Å². The van der Waals surface area contributed by atoms with Gasteiger partial charge in [-0.05, 0) is 105 Å². The minimum Gasteiger partial charge on any atom is -0.336 e. The first-order valence-corrected chi connectivity index (χ1v) is 16.8. The van der Waals surface area contributed by atoms with Crippen molar-refractivity contribution in [3.63, 3.8) is 0 Å². The molecule has 3 aromatic carbocycles. The van der Waals surface area contributed by atoms with E-state index in [0.29, 0.717) is 17.6 Å². The number of aryl methyl sites for hydroxylation is 1. The molecule has 1 unspecified atom stereocenters. The minimum absolute atomic E-state index is 0.0512. The number of amides is 2. The second-order valence-corrected chi connectivity index (χ2v) is 13.7. The topological polar surface area (TPSA) is 81.8 Å². The lowest BCUT2D eigenvalue weighted by Crippen LogP contribution is -2.48. The number of likely N-dealkylation sites (N-methyl/N-ethyl adjacent to an activating group) is 1. The van der Waals surface area contributed by atoms with Crippen LogP contribution < -0.4 is 10.0 Å². The highest BCUT2D eigenvalue weighted by Gasteiger charge is 2.29. The summed E-state index contributed by atoms with van der Waals surface area (Å²) in [7, 11) is -3.70. The van der Waals surface area contributed by atoms with Crippen molar-refractivity contribution in [3.8, 4) is 11.1 Å². The summed E-state index contributed by atoms with van der Waals surface area (Å²) in [6.45, 7) is 9.87. The van der Waals surface area contributed by atoms with Gasteiger partial charge in [0, 0.05) is 37.4 Å². The number of piperidine rings is 1. The van der Waals surface area contributed by atoms with Gasteiger partial charge in [-0.2, -0.15) is 0 Å². The van der Waals surface area contributed by atoms with Gasteiger partial charge < -0.3 is 15.1 Å². The Bertz CT molecular complexity index is 1450. The number of urea groups is 1. The number of carbonyl (C=O) groups is 1. The summed E-state index contributed by atoms with van der Waals surface area (Å²) in [5.41, 5.74) is 5.18. The Labute approximate surface area is 251 Å². The monoisotopic (exact) mass is 588 g/mol. The molecular formula is C34H44N4O3S. The van der Waals surface area contributed by atoms with Gasteiger partial charge in [0.15, 0.2) is 0 Å². The number of sulfonamides is 1. The third-order valence-corrected chi connectivity index (χ3v) is 10.1. The van der Waals surface area contributed by atoms with Crippen LogP contribution in [0.1, 0.15) is 51.2 Å². The molecule has 2 aliphatic rings. The second-order valence-electron chi connectivity index (χ2n) is 12.0. The molecule has 1 atom stereocenters. The van der Waals surface area contributed by atoms with Crippen molar-refractivity contribution in [2.45, 2.75) is 69.9 Å². The summed E-state index contributed by atoms with van der Waals surface area (Å²) in [6.07, 6.45) is 5.08. The van der Waals surface area contributed by atoms with Gasteiger partial charge in [0.2, 0.25) is 0 Å². The average Bonchev–Trinajstić information content (AvgIpc) is 3.00.